The Hall–Kier alpha value is -2.50. The maximum atomic E-state index is 12.5. The van der Waals surface area contributed by atoms with E-state index < -0.39 is 12.2 Å². The van der Waals surface area contributed by atoms with Crippen LogP contribution in [0.3, 0.4) is 0 Å². The first-order valence-electron chi connectivity index (χ1n) is 4.73. The second-order valence-corrected chi connectivity index (χ2v) is 3.25. The average Bonchev–Trinajstić information content (AvgIpc) is 2.30. The van der Waals surface area contributed by atoms with E-state index in [1.165, 1.54) is 12.4 Å². The molecule has 17 heavy (non-hydrogen) atoms. The molecule has 1 amide bonds. The van der Waals surface area contributed by atoms with Crippen LogP contribution in [0, 0.1) is 6.08 Å². The number of benzene rings is 1. The minimum Gasteiger partial charge on any atom is -0.465 e. The lowest BCUT2D eigenvalue weighted by atomic mass is 10.1. The van der Waals surface area contributed by atoms with Gasteiger partial charge in [-0.3, -0.25) is 5.32 Å². The maximum absolute atomic E-state index is 12.5. The van der Waals surface area contributed by atoms with Gasteiger partial charge in [-0.1, -0.05) is 12.1 Å². The van der Waals surface area contributed by atoms with Crippen molar-refractivity contribution in [2.24, 2.45) is 0 Å². The molecular weight excluding hydrogens is 225 g/mol. The van der Waals surface area contributed by atoms with Gasteiger partial charge in [-0.25, -0.2) is 14.8 Å². The number of aromatic nitrogens is 2. The first-order valence-corrected chi connectivity index (χ1v) is 4.73. The fourth-order valence-corrected chi connectivity index (χ4v) is 1.33. The summed E-state index contributed by atoms with van der Waals surface area (Å²) in [6, 6.07) is 6.60. The van der Waals surface area contributed by atoms with Crippen LogP contribution < -0.4 is 5.32 Å². The van der Waals surface area contributed by atoms with E-state index in [4.69, 9.17) is 5.11 Å². The van der Waals surface area contributed by atoms with Crippen LogP contribution >= 0.6 is 0 Å². The first kappa shape index (κ1) is 11.0. The summed E-state index contributed by atoms with van der Waals surface area (Å²) in [4.78, 5) is 17.3. The highest BCUT2D eigenvalue weighted by Crippen LogP contribution is 2.19. The van der Waals surface area contributed by atoms with Crippen LogP contribution in [0.4, 0.5) is 14.9 Å². The number of nitrogens with one attached hydrogen (secondary N) is 1. The van der Waals surface area contributed by atoms with Gasteiger partial charge < -0.3 is 5.11 Å². The van der Waals surface area contributed by atoms with Gasteiger partial charge >= 0.3 is 12.2 Å². The molecule has 0 fully saturated rings. The Bertz CT molecular complexity index is 525. The summed E-state index contributed by atoms with van der Waals surface area (Å²) in [5, 5.41) is 10.7. The summed E-state index contributed by atoms with van der Waals surface area (Å²) in [5.41, 5.74) is 1.90. The van der Waals surface area contributed by atoms with E-state index in [2.05, 4.69) is 15.3 Å². The molecule has 1 heterocycles. The Morgan fingerprint density at radius 3 is 2.24 bits per heavy atom. The van der Waals surface area contributed by atoms with Crippen molar-refractivity contribution in [2.45, 2.75) is 0 Å². The van der Waals surface area contributed by atoms with Crippen molar-refractivity contribution in [3.63, 3.8) is 0 Å². The molecule has 0 bridgehead atoms. The lowest BCUT2D eigenvalue weighted by molar-refractivity contribution is 0.210. The van der Waals surface area contributed by atoms with Gasteiger partial charge in [0, 0.05) is 23.6 Å². The molecule has 0 radical (unpaired) electrons. The Kier molecular flexibility index (Phi) is 2.95. The molecule has 1 aromatic carbocycles. The van der Waals surface area contributed by atoms with E-state index >= 15 is 0 Å². The zero-order valence-corrected chi connectivity index (χ0v) is 8.59. The zero-order valence-electron chi connectivity index (χ0n) is 8.59. The van der Waals surface area contributed by atoms with Crippen LogP contribution in [0.25, 0.3) is 11.1 Å². The Labute approximate surface area is 96.0 Å². The van der Waals surface area contributed by atoms with E-state index in [1.807, 2.05) is 0 Å². The molecule has 0 atom stereocenters. The Morgan fingerprint density at radius 2 is 1.71 bits per heavy atom. The molecule has 2 rings (SSSR count). The van der Waals surface area contributed by atoms with E-state index in [0.717, 1.165) is 5.56 Å². The van der Waals surface area contributed by atoms with Gasteiger partial charge in [0.05, 0.1) is 0 Å². The molecular formula is C11H8FN3O2. The molecule has 6 heteroatoms. The highest BCUT2D eigenvalue weighted by molar-refractivity contribution is 5.83. The Balaban J connectivity index is 2.23. The molecule has 2 aromatic rings. The van der Waals surface area contributed by atoms with Gasteiger partial charge in [-0.2, -0.15) is 4.39 Å². The molecule has 0 aliphatic heterocycles. The number of hydrogen-bond donors (Lipinski definition) is 2. The molecule has 0 saturated heterocycles. The fraction of sp³-hybridized carbons (Fsp3) is 0. The number of hydrogen-bond acceptors (Lipinski definition) is 3. The number of halogens is 1. The highest BCUT2D eigenvalue weighted by Gasteiger charge is 2.01. The zero-order chi connectivity index (χ0) is 12.3. The Morgan fingerprint density at radius 1 is 1.12 bits per heavy atom. The number of anilines is 1. The van der Waals surface area contributed by atoms with Crippen LogP contribution in [0.2, 0.25) is 0 Å². The number of rotatable bonds is 2. The summed E-state index contributed by atoms with van der Waals surface area (Å²) in [5.74, 6) is 0. The lowest BCUT2D eigenvalue weighted by Gasteiger charge is -2.03. The van der Waals surface area contributed by atoms with Crippen molar-refractivity contribution in [3.8, 4) is 11.1 Å². The largest absolute Gasteiger partial charge is 0.465 e. The average molecular weight is 233 g/mol. The summed E-state index contributed by atoms with van der Waals surface area (Å²) in [7, 11) is 0. The van der Waals surface area contributed by atoms with E-state index in [1.54, 1.807) is 24.3 Å². The van der Waals surface area contributed by atoms with Crippen LogP contribution in [-0.4, -0.2) is 21.2 Å². The molecule has 0 aliphatic rings. The summed E-state index contributed by atoms with van der Waals surface area (Å²) in [6.07, 6.45) is 0.824. The van der Waals surface area contributed by atoms with Crippen LogP contribution in [0.1, 0.15) is 0 Å². The number of amides is 1. The highest BCUT2D eigenvalue weighted by atomic mass is 19.1. The maximum Gasteiger partial charge on any atom is 0.409 e. The molecule has 0 aliphatic carbocycles. The third-order valence-corrected chi connectivity index (χ3v) is 2.09. The van der Waals surface area contributed by atoms with Crippen molar-refractivity contribution in [1.82, 2.24) is 9.97 Å². The molecule has 5 nitrogen and oxygen atoms in total. The van der Waals surface area contributed by atoms with Crippen molar-refractivity contribution in [3.05, 3.63) is 42.7 Å². The van der Waals surface area contributed by atoms with Crippen LogP contribution in [0.15, 0.2) is 36.7 Å². The van der Waals surface area contributed by atoms with Crippen molar-refractivity contribution >= 4 is 11.8 Å². The second-order valence-electron chi connectivity index (χ2n) is 3.25. The number of carbonyl (C=O) groups is 1. The SMILES string of the molecule is O=C(O)Nc1ccc(-c2cnc(F)nc2)cc1. The van der Waals surface area contributed by atoms with E-state index in [-0.39, 0.29) is 0 Å². The first-order chi connectivity index (χ1) is 8.15. The predicted molar refractivity (Wildman–Crippen MR) is 59.1 cm³/mol. The van der Waals surface area contributed by atoms with Crippen LogP contribution in [0.5, 0.6) is 0 Å². The standard InChI is InChI=1S/C11H8FN3O2/c12-10-13-5-8(6-14-10)7-1-3-9(4-2-7)15-11(16)17/h1-6,15H,(H,16,17). The minimum absolute atomic E-state index is 0.462. The van der Waals surface area contributed by atoms with Gasteiger partial charge in [0.15, 0.2) is 0 Å². The van der Waals surface area contributed by atoms with E-state index in [0.29, 0.717) is 11.3 Å². The number of carboxylic acid groups (broad SMARTS) is 1. The predicted octanol–water partition coefficient (Wildman–Crippen LogP) is 2.37. The topological polar surface area (TPSA) is 75.1 Å². The van der Waals surface area contributed by atoms with Crippen molar-refractivity contribution in [1.29, 1.82) is 0 Å². The summed E-state index contributed by atoms with van der Waals surface area (Å²) in [6.45, 7) is 0. The lowest BCUT2D eigenvalue weighted by Crippen LogP contribution is -2.06. The summed E-state index contributed by atoms with van der Waals surface area (Å²) < 4.78 is 12.5. The molecule has 1 aromatic heterocycles. The number of nitrogens with zero attached hydrogens (tertiary/aromatic N) is 2. The smallest absolute Gasteiger partial charge is 0.409 e. The quantitative estimate of drug-likeness (QED) is 0.781. The van der Waals surface area contributed by atoms with E-state index in [9.17, 15) is 9.18 Å². The third kappa shape index (κ3) is 2.75. The van der Waals surface area contributed by atoms with Gasteiger partial charge in [0.1, 0.15) is 0 Å². The normalized spacial score (nSPS) is 9.94. The van der Waals surface area contributed by atoms with Crippen LogP contribution in [-0.2, 0) is 0 Å². The molecule has 86 valence electrons. The molecule has 0 unspecified atom stereocenters. The minimum atomic E-state index is -1.12. The molecule has 2 N–H and O–H groups in total. The van der Waals surface area contributed by atoms with Crippen molar-refractivity contribution in [2.75, 3.05) is 5.32 Å². The second kappa shape index (κ2) is 4.56. The fourth-order valence-electron chi connectivity index (χ4n) is 1.33. The van der Waals surface area contributed by atoms with Gasteiger partial charge in [-0.05, 0) is 17.7 Å². The van der Waals surface area contributed by atoms with Gasteiger partial charge in [-0.15, -0.1) is 0 Å². The third-order valence-electron chi connectivity index (χ3n) is 2.09. The summed E-state index contributed by atoms with van der Waals surface area (Å²) >= 11 is 0. The van der Waals surface area contributed by atoms with Gasteiger partial charge in [0.25, 0.3) is 0 Å². The van der Waals surface area contributed by atoms with Crippen molar-refractivity contribution < 1.29 is 14.3 Å². The monoisotopic (exact) mass is 233 g/mol. The molecule has 0 spiro atoms. The molecule has 0 saturated carbocycles. The van der Waals surface area contributed by atoms with Gasteiger partial charge in [0.2, 0.25) is 0 Å².